The quantitative estimate of drug-likeness (QED) is 0.117. The number of piperidine rings is 2. The van der Waals surface area contributed by atoms with Gasteiger partial charge in [0.1, 0.15) is 30.1 Å². The fourth-order valence-corrected chi connectivity index (χ4v) is 10.3. The molecule has 0 spiro atoms. The van der Waals surface area contributed by atoms with Crippen LogP contribution in [0.1, 0.15) is 91.5 Å². The van der Waals surface area contributed by atoms with Gasteiger partial charge in [0.25, 0.3) is 18.3 Å². The Morgan fingerprint density at radius 1 is 1.09 bits per heavy atom. The molecule has 3 amide bonds. The van der Waals surface area contributed by atoms with Crippen LogP contribution in [0.5, 0.6) is 0 Å². The minimum atomic E-state index is -3.13. The molecule has 0 radical (unpaired) electrons. The third kappa shape index (κ3) is 8.16. The maximum absolute atomic E-state index is 15.5. The fraction of sp³-hybridized carbons (Fsp3) is 0.523. The molecule has 5 fully saturated rings. The number of rotatable bonds is 10. The Morgan fingerprint density at radius 2 is 1.92 bits per heavy atom. The van der Waals surface area contributed by atoms with Gasteiger partial charge in [-0.3, -0.25) is 38.4 Å². The Bertz CT molecular complexity index is 2800. The minimum absolute atomic E-state index is 0.0963. The van der Waals surface area contributed by atoms with Crippen LogP contribution in [0.2, 0.25) is 0 Å². The lowest BCUT2D eigenvalue weighted by atomic mass is 9.85. The average molecular weight is 902 g/mol. The molecule has 5 aliphatic rings. The Morgan fingerprint density at radius 3 is 2.66 bits per heavy atom. The molecule has 1 aromatic carbocycles. The Balaban J connectivity index is 0.723. The predicted octanol–water partition coefficient (Wildman–Crippen LogP) is 4.23. The Labute approximate surface area is 369 Å². The zero-order valence-electron chi connectivity index (χ0n) is 35.5. The number of halogens is 4. The van der Waals surface area contributed by atoms with E-state index in [-0.39, 0.29) is 61.2 Å². The summed E-state index contributed by atoms with van der Waals surface area (Å²) in [5.41, 5.74) is 0.778. The zero-order valence-corrected chi connectivity index (χ0v) is 35.5. The predicted molar refractivity (Wildman–Crippen MR) is 226 cm³/mol. The number of aromatic nitrogens is 7. The minimum Gasteiger partial charge on any atom is -0.374 e. The summed E-state index contributed by atoms with van der Waals surface area (Å²) in [6.07, 6.45) is 4.27. The standard InChI is InChI=1S/C44H47F4N11O6/c1-54-38-26(4-2-6-32(38)59(43(54)63)33-11-12-36(60)52-42(33)62)5-3-17-64-34-13-15-55(24-44(34,47)48)20-25-7-9-27(10-8-25)58-22-31(37(53-58)39(45)46)50-41(61)30-19-49-57-16-14-35(51-40(30)57)56-21-29-18-28(56)23-65-29/h2,4,6,14,16,19,22,25,27-29,33-34,39H,7-13,15,17-18,20-21,23-24H2,1H3,(H,50,61)(H,52,60,62)/t25?,27?,28-,29-,33?,34?/m1/s1. The molecule has 17 nitrogen and oxygen atoms in total. The number of hydrogen-bond donors (Lipinski definition) is 2. The summed E-state index contributed by atoms with van der Waals surface area (Å²) >= 11 is 0. The number of anilines is 2. The lowest BCUT2D eigenvalue weighted by molar-refractivity contribution is -0.169. The number of nitrogens with one attached hydrogen (secondary N) is 2. The van der Waals surface area contributed by atoms with Gasteiger partial charge < -0.3 is 19.7 Å². The number of imidazole rings is 1. The highest BCUT2D eigenvalue weighted by Crippen LogP contribution is 2.38. The number of imide groups is 1. The zero-order chi connectivity index (χ0) is 45.1. The molecule has 8 heterocycles. The number of aryl methyl sites for hydroxylation is 1. The van der Waals surface area contributed by atoms with Crippen molar-refractivity contribution < 1.29 is 41.4 Å². The highest BCUT2D eigenvalue weighted by molar-refractivity contribution is 6.08. The number of likely N-dealkylation sites (tertiary alicyclic amines) is 1. The molecule has 21 heteroatoms. The number of hydrogen-bond acceptors (Lipinski definition) is 11. The first-order valence-corrected chi connectivity index (χ1v) is 22.0. The number of alkyl halides is 4. The van der Waals surface area contributed by atoms with Gasteiger partial charge in [0.15, 0.2) is 11.3 Å². The molecule has 2 N–H and O–H groups in total. The largest absolute Gasteiger partial charge is 0.374 e. The first-order valence-electron chi connectivity index (χ1n) is 22.0. The lowest BCUT2D eigenvalue weighted by Crippen LogP contribution is -2.53. The van der Waals surface area contributed by atoms with E-state index < -0.39 is 60.1 Å². The van der Waals surface area contributed by atoms with Crippen LogP contribution in [-0.2, 0) is 26.1 Å². The van der Waals surface area contributed by atoms with Gasteiger partial charge >= 0.3 is 5.69 Å². The van der Waals surface area contributed by atoms with Crippen LogP contribution >= 0.6 is 0 Å². The number of carbonyl (C=O) groups excluding carboxylic acids is 3. The van der Waals surface area contributed by atoms with Gasteiger partial charge in [0.05, 0.1) is 59.8 Å². The maximum atomic E-state index is 15.5. The van der Waals surface area contributed by atoms with Crippen LogP contribution in [0.3, 0.4) is 0 Å². The van der Waals surface area contributed by atoms with Crippen LogP contribution in [-0.4, -0.2) is 120 Å². The van der Waals surface area contributed by atoms with E-state index in [2.05, 4.69) is 37.6 Å². The second-order valence-corrected chi connectivity index (χ2v) is 17.7. The van der Waals surface area contributed by atoms with Gasteiger partial charge in [-0.25, -0.2) is 31.9 Å². The van der Waals surface area contributed by atoms with Gasteiger partial charge in [-0.2, -0.15) is 10.2 Å². The maximum Gasteiger partial charge on any atom is 0.329 e. The van der Waals surface area contributed by atoms with E-state index in [9.17, 15) is 28.0 Å². The molecule has 1 aliphatic carbocycles. The van der Waals surface area contributed by atoms with E-state index in [0.717, 1.165) is 6.42 Å². The summed E-state index contributed by atoms with van der Waals surface area (Å²) in [5.74, 6) is 1.87. The van der Waals surface area contributed by atoms with E-state index in [0.29, 0.717) is 80.0 Å². The van der Waals surface area contributed by atoms with Crippen LogP contribution < -0.4 is 21.2 Å². The lowest BCUT2D eigenvalue weighted by Gasteiger charge is -2.40. The molecule has 1 saturated carbocycles. The molecule has 5 aromatic rings. The van der Waals surface area contributed by atoms with Crippen molar-refractivity contribution in [2.45, 2.75) is 94.0 Å². The van der Waals surface area contributed by atoms with Gasteiger partial charge in [-0.1, -0.05) is 17.9 Å². The number of carbonyl (C=O) groups is 3. The molecule has 10 rings (SSSR count). The summed E-state index contributed by atoms with van der Waals surface area (Å²) in [5, 5.41) is 13.4. The van der Waals surface area contributed by atoms with Crippen LogP contribution in [0, 0.1) is 17.8 Å². The fourth-order valence-electron chi connectivity index (χ4n) is 10.3. The normalized spacial score (nSPS) is 25.7. The van der Waals surface area contributed by atoms with Crippen LogP contribution in [0.25, 0.3) is 16.7 Å². The van der Waals surface area contributed by atoms with E-state index in [1.807, 2.05) is 6.07 Å². The van der Waals surface area contributed by atoms with Gasteiger partial charge in [0, 0.05) is 45.5 Å². The topological polar surface area (TPSA) is 175 Å². The Hall–Kier alpha value is -6.11. The third-order valence-corrected chi connectivity index (χ3v) is 13.5. The highest BCUT2D eigenvalue weighted by atomic mass is 19.3. The van der Waals surface area contributed by atoms with Crippen molar-refractivity contribution in [3.8, 4) is 11.8 Å². The number of nitrogens with zero attached hydrogens (tertiary/aromatic N) is 9. The summed E-state index contributed by atoms with van der Waals surface area (Å²) in [6.45, 7) is 1.44. The molecule has 2 unspecified atom stereocenters. The van der Waals surface area contributed by atoms with E-state index >= 15 is 8.78 Å². The molecule has 65 heavy (non-hydrogen) atoms. The SMILES string of the molecule is Cn1c(=O)n(C2CCC(=O)NC2=O)c2cccc(C#CCOC3CCN(CC4CCC(n5cc(NC(=O)c6cnn7ccc(N8C[C@H]9C[C@@H]8CO9)nc67)c(C(F)F)n5)CC4)CC3(F)F)c21. The van der Waals surface area contributed by atoms with Crippen molar-refractivity contribution in [3.05, 3.63) is 70.2 Å². The highest BCUT2D eigenvalue weighted by Gasteiger charge is 2.46. The first-order chi connectivity index (χ1) is 31.3. The third-order valence-electron chi connectivity index (χ3n) is 13.5. The second kappa shape index (κ2) is 17.0. The van der Waals surface area contributed by atoms with Crippen LogP contribution in [0.4, 0.5) is 29.1 Å². The Kier molecular flexibility index (Phi) is 11.2. The summed E-state index contributed by atoms with van der Waals surface area (Å²) < 4.78 is 76.6. The number of amides is 3. The number of ether oxygens (including phenoxy) is 2. The number of para-hydroxylation sites is 1. The van der Waals surface area contributed by atoms with Crippen molar-refractivity contribution in [1.82, 2.24) is 43.7 Å². The molecule has 2 bridgehead atoms. The van der Waals surface area contributed by atoms with E-state index in [1.54, 1.807) is 36.3 Å². The van der Waals surface area contributed by atoms with Crippen molar-refractivity contribution in [1.29, 1.82) is 0 Å². The molecular formula is C44H47F4N11O6. The molecule has 4 aliphatic heterocycles. The van der Waals surface area contributed by atoms with Gasteiger partial charge in [-0.15, -0.1) is 0 Å². The average Bonchev–Trinajstić information content (AvgIpc) is 4.13. The number of morpholine rings is 1. The smallest absolute Gasteiger partial charge is 0.329 e. The monoisotopic (exact) mass is 901 g/mol. The molecule has 4 saturated heterocycles. The van der Waals surface area contributed by atoms with Crippen molar-refractivity contribution in [3.63, 3.8) is 0 Å². The summed E-state index contributed by atoms with van der Waals surface area (Å²) in [6, 6.07) is 6.06. The second-order valence-electron chi connectivity index (χ2n) is 17.7. The molecule has 4 atom stereocenters. The van der Waals surface area contributed by atoms with Gasteiger partial charge in [-0.05, 0) is 69.1 Å². The van der Waals surface area contributed by atoms with E-state index in [4.69, 9.17) is 14.5 Å². The van der Waals surface area contributed by atoms with Crippen molar-refractivity contribution >= 4 is 45.9 Å². The van der Waals surface area contributed by atoms with Crippen LogP contribution in [0.15, 0.2) is 47.7 Å². The van der Waals surface area contributed by atoms with E-state index in [1.165, 1.54) is 30.7 Å². The summed E-state index contributed by atoms with van der Waals surface area (Å²) in [7, 11) is 1.56. The van der Waals surface area contributed by atoms with Crippen molar-refractivity contribution in [2.75, 3.05) is 49.6 Å². The van der Waals surface area contributed by atoms with Crippen molar-refractivity contribution in [2.24, 2.45) is 13.0 Å². The number of benzene rings is 1. The summed E-state index contributed by atoms with van der Waals surface area (Å²) in [4.78, 5) is 59.6. The van der Waals surface area contributed by atoms with Gasteiger partial charge in [0.2, 0.25) is 11.8 Å². The molecule has 342 valence electrons. The number of fused-ring (bicyclic) bond motifs is 4. The molecule has 4 aromatic heterocycles. The first kappa shape index (κ1) is 42.8. The molecular weight excluding hydrogens is 855 g/mol.